The summed E-state index contributed by atoms with van der Waals surface area (Å²) in [5.74, 6) is 0.296. The monoisotopic (exact) mass is 425 g/mol. The Morgan fingerprint density at radius 2 is 1.83 bits per heavy atom. The predicted molar refractivity (Wildman–Crippen MR) is 122 cm³/mol. The summed E-state index contributed by atoms with van der Waals surface area (Å²) in [6.07, 6.45) is 3.54. The highest BCUT2D eigenvalue weighted by atomic mass is 32.2. The molecule has 0 aliphatic heterocycles. The van der Waals surface area contributed by atoms with Gasteiger partial charge in [0.1, 0.15) is 6.54 Å². The van der Waals surface area contributed by atoms with Crippen molar-refractivity contribution in [2.75, 3.05) is 24.7 Å². The Morgan fingerprint density at radius 1 is 1.07 bits per heavy atom. The molecule has 1 unspecified atom stereocenters. The molecule has 0 aliphatic rings. The number of nitrogens with zero attached hydrogens (tertiary/aromatic N) is 2. The molecule has 0 saturated carbocycles. The van der Waals surface area contributed by atoms with Crippen LogP contribution in [0.3, 0.4) is 0 Å². The second-order valence-corrected chi connectivity index (χ2v) is 8.59. The van der Waals surface area contributed by atoms with E-state index in [1.165, 1.54) is 0 Å². The number of hydrogen-bond donors (Lipinski definition) is 1. The summed E-state index contributed by atoms with van der Waals surface area (Å²) in [5, 5.41) is 3.87. The average molecular weight is 426 g/mol. The molecule has 0 radical (unpaired) electrons. The Bertz CT molecular complexity index is 1090. The first kappa shape index (κ1) is 21.8. The second-order valence-electron chi connectivity index (χ2n) is 7.16. The molecule has 1 atom stereocenters. The van der Waals surface area contributed by atoms with Crippen LogP contribution in [0.25, 0.3) is 10.9 Å². The number of anilines is 1. The lowest BCUT2D eigenvalue weighted by molar-refractivity contribution is -0.131. The number of carbonyl (C=O) groups is 2. The molecule has 0 bridgehead atoms. The molecule has 2 aromatic carbocycles. The molecule has 1 aromatic heterocycles. The molecule has 6 nitrogen and oxygen atoms in total. The molecule has 0 fully saturated rings. The van der Waals surface area contributed by atoms with Crippen molar-refractivity contribution < 1.29 is 13.8 Å². The topological polar surface area (TPSA) is 71.4 Å². The van der Waals surface area contributed by atoms with Crippen molar-refractivity contribution in [3.63, 3.8) is 0 Å². The fraction of sp³-hybridized carbons (Fsp3) is 0.304. The molecule has 1 N–H and O–H groups in total. The lowest BCUT2D eigenvalue weighted by Crippen LogP contribution is -2.33. The number of nitrogens with one attached hydrogen (secondary N) is 1. The predicted octanol–water partition coefficient (Wildman–Crippen LogP) is 3.64. The van der Waals surface area contributed by atoms with Crippen LogP contribution >= 0.6 is 0 Å². The van der Waals surface area contributed by atoms with E-state index < -0.39 is 10.8 Å². The molecule has 2 amide bonds. The third-order valence-corrected chi connectivity index (χ3v) is 5.75. The maximum Gasteiger partial charge on any atom is 0.255 e. The van der Waals surface area contributed by atoms with E-state index in [4.69, 9.17) is 0 Å². The summed E-state index contributed by atoms with van der Waals surface area (Å²) in [7, 11) is -0.959. The van der Waals surface area contributed by atoms with Crippen LogP contribution in [0.5, 0.6) is 0 Å². The summed E-state index contributed by atoms with van der Waals surface area (Å²) >= 11 is 0. The smallest absolute Gasteiger partial charge is 0.255 e. The number of fused-ring (bicyclic) bond motifs is 1. The number of aromatic nitrogens is 1. The van der Waals surface area contributed by atoms with Crippen LogP contribution in [0, 0.1) is 0 Å². The van der Waals surface area contributed by atoms with Gasteiger partial charge in [-0.25, -0.2) is 0 Å². The van der Waals surface area contributed by atoms with Crippen LogP contribution in [-0.4, -0.2) is 44.8 Å². The Kier molecular flexibility index (Phi) is 7.05. The van der Waals surface area contributed by atoms with E-state index in [0.717, 1.165) is 16.5 Å². The molecular formula is C23H27N3O3S. The zero-order valence-electron chi connectivity index (χ0n) is 17.6. The van der Waals surface area contributed by atoms with Gasteiger partial charge in [-0.15, -0.1) is 0 Å². The van der Waals surface area contributed by atoms with Gasteiger partial charge in [-0.05, 0) is 55.8 Å². The van der Waals surface area contributed by atoms with Crippen LogP contribution in [0.2, 0.25) is 0 Å². The van der Waals surface area contributed by atoms with E-state index in [0.29, 0.717) is 36.6 Å². The first-order valence-corrected chi connectivity index (χ1v) is 11.7. The van der Waals surface area contributed by atoms with Crippen LogP contribution in [-0.2, 0) is 27.9 Å². The Balaban J connectivity index is 1.74. The van der Waals surface area contributed by atoms with Gasteiger partial charge in [0.05, 0.1) is 0 Å². The van der Waals surface area contributed by atoms with Crippen LogP contribution < -0.4 is 5.32 Å². The van der Waals surface area contributed by atoms with E-state index in [2.05, 4.69) is 5.32 Å². The van der Waals surface area contributed by atoms with Crippen molar-refractivity contribution in [1.29, 1.82) is 0 Å². The van der Waals surface area contributed by atoms with Gasteiger partial charge in [-0.2, -0.15) is 0 Å². The first-order valence-electron chi connectivity index (χ1n) is 9.98. The second kappa shape index (κ2) is 9.71. The van der Waals surface area contributed by atoms with Crippen molar-refractivity contribution in [1.82, 2.24) is 9.47 Å². The van der Waals surface area contributed by atoms with Gasteiger partial charge < -0.3 is 14.8 Å². The highest BCUT2D eigenvalue weighted by Gasteiger charge is 2.13. The fourth-order valence-electron chi connectivity index (χ4n) is 3.48. The van der Waals surface area contributed by atoms with Crippen molar-refractivity contribution in [2.24, 2.45) is 0 Å². The quantitative estimate of drug-likeness (QED) is 0.599. The molecular weight excluding hydrogens is 398 g/mol. The van der Waals surface area contributed by atoms with E-state index >= 15 is 0 Å². The maximum absolute atomic E-state index is 12.6. The molecule has 0 spiro atoms. The van der Waals surface area contributed by atoms with Gasteiger partial charge in [0.2, 0.25) is 5.91 Å². The number of rotatable bonds is 8. The molecule has 1 heterocycles. The molecule has 0 aliphatic carbocycles. The normalized spacial score (nSPS) is 12.0. The molecule has 0 saturated heterocycles. The summed E-state index contributed by atoms with van der Waals surface area (Å²) in [6.45, 7) is 5.63. The zero-order chi connectivity index (χ0) is 21.7. The first-order chi connectivity index (χ1) is 14.4. The third-order valence-electron chi connectivity index (χ3n) is 5.01. The Hall–Kier alpha value is -2.93. The van der Waals surface area contributed by atoms with E-state index in [1.54, 1.807) is 24.5 Å². The Labute approximate surface area is 179 Å². The highest BCUT2D eigenvalue weighted by Crippen LogP contribution is 2.21. The van der Waals surface area contributed by atoms with Gasteiger partial charge in [0, 0.05) is 64.2 Å². The van der Waals surface area contributed by atoms with Gasteiger partial charge in [-0.1, -0.05) is 12.1 Å². The zero-order valence-corrected chi connectivity index (χ0v) is 18.4. The van der Waals surface area contributed by atoms with E-state index in [9.17, 15) is 13.8 Å². The van der Waals surface area contributed by atoms with Crippen molar-refractivity contribution in [3.8, 4) is 0 Å². The van der Waals surface area contributed by atoms with E-state index in [-0.39, 0.29) is 11.8 Å². The van der Waals surface area contributed by atoms with Crippen LogP contribution in [0.4, 0.5) is 5.69 Å². The fourth-order valence-corrected chi connectivity index (χ4v) is 4.13. The van der Waals surface area contributed by atoms with Gasteiger partial charge >= 0.3 is 0 Å². The van der Waals surface area contributed by atoms with Crippen LogP contribution in [0.15, 0.2) is 54.7 Å². The number of hydrogen-bond acceptors (Lipinski definition) is 3. The number of carbonyl (C=O) groups excluding carboxylic acids is 2. The standard InChI is InChI=1S/C23H27N3O3S/c1-4-25(5-2)22(27)15-26-12-11-18-14-20(9-10-21(18)26)24-23(28)19-8-6-7-17(13-19)16-30(3)29/h6-14H,4-5,15-16H2,1-3H3,(H,24,28). The number of likely N-dealkylation sites (N-methyl/N-ethyl adjacent to an activating group) is 1. The summed E-state index contributed by atoms with van der Waals surface area (Å²) < 4.78 is 13.4. The van der Waals surface area contributed by atoms with Crippen molar-refractivity contribution in [3.05, 3.63) is 65.9 Å². The van der Waals surface area contributed by atoms with Gasteiger partial charge in [-0.3, -0.25) is 13.8 Å². The van der Waals surface area contributed by atoms with Crippen LogP contribution in [0.1, 0.15) is 29.8 Å². The highest BCUT2D eigenvalue weighted by molar-refractivity contribution is 7.83. The summed E-state index contributed by atoms with van der Waals surface area (Å²) in [4.78, 5) is 26.9. The van der Waals surface area contributed by atoms with Gasteiger partial charge in [0.25, 0.3) is 5.91 Å². The van der Waals surface area contributed by atoms with E-state index in [1.807, 2.05) is 59.8 Å². The average Bonchev–Trinajstić information content (AvgIpc) is 3.10. The third kappa shape index (κ3) is 5.16. The SMILES string of the molecule is CCN(CC)C(=O)Cn1ccc2cc(NC(=O)c3cccc(CS(C)=O)c3)ccc21. The largest absolute Gasteiger partial charge is 0.342 e. The minimum absolute atomic E-state index is 0.0859. The summed E-state index contributed by atoms with van der Waals surface area (Å²) in [5.41, 5.74) is 3.03. The lowest BCUT2D eigenvalue weighted by atomic mass is 10.1. The molecule has 158 valence electrons. The number of benzene rings is 2. The molecule has 7 heteroatoms. The minimum Gasteiger partial charge on any atom is -0.342 e. The Morgan fingerprint density at radius 3 is 2.53 bits per heavy atom. The lowest BCUT2D eigenvalue weighted by Gasteiger charge is -2.19. The van der Waals surface area contributed by atoms with Crippen molar-refractivity contribution in [2.45, 2.75) is 26.1 Å². The summed E-state index contributed by atoms with van der Waals surface area (Å²) in [6, 6.07) is 14.8. The van der Waals surface area contributed by atoms with Gasteiger partial charge in [0.15, 0.2) is 0 Å². The number of amides is 2. The van der Waals surface area contributed by atoms with Crippen molar-refractivity contribution >= 4 is 39.2 Å². The molecule has 3 aromatic rings. The minimum atomic E-state index is -0.959. The molecule has 30 heavy (non-hydrogen) atoms. The maximum atomic E-state index is 12.6. The molecule has 3 rings (SSSR count).